The lowest BCUT2D eigenvalue weighted by Gasteiger charge is -2.20. The largest absolute Gasteiger partial charge is 0.489 e. The molecule has 5 heteroatoms. The first-order valence-electron chi connectivity index (χ1n) is 9.59. The van der Waals surface area contributed by atoms with Crippen LogP contribution in [0.25, 0.3) is 0 Å². The lowest BCUT2D eigenvalue weighted by atomic mass is 10.0. The number of nitrogens with one attached hydrogen (secondary N) is 1. The fourth-order valence-corrected chi connectivity index (χ4v) is 3.36. The van der Waals surface area contributed by atoms with Crippen molar-refractivity contribution in [3.8, 4) is 5.75 Å². The molecule has 0 radical (unpaired) electrons. The third-order valence-corrected chi connectivity index (χ3v) is 4.88. The Hall–Kier alpha value is -2.07. The molecule has 1 unspecified atom stereocenters. The first-order chi connectivity index (χ1) is 13.7. The minimum absolute atomic E-state index is 0. The van der Waals surface area contributed by atoms with Gasteiger partial charge in [0.2, 0.25) is 0 Å². The number of hydrogen-bond donors (Lipinski definition) is 1. The summed E-state index contributed by atoms with van der Waals surface area (Å²) < 4.78 is 19.1. The Bertz CT molecular complexity index is 872. The highest BCUT2D eigenvalue weighted by atomic mass is 35.5. The minimum atomic E-state index is -0.247. The van der Waals surface area contributed by atoms with E-state index in [4.69, 9.17) is 16.3 Å². The molecule has 154 valence electrons. The zero-order chi connectivity index (χ0) is 19.8. The molecule has 0 saturated carbocycles. The highest BCUT2D eigenvalue weighted by Gasteiger charge is 2.12. The van der Waals surface area contributed by atoms with E-state index in [1.165, 1.54) is 17.7 Å². The maximum atomic E-state index is 13.1. The second-order valence-corrected chi connectivity index (χ2v) is 7.24. The summed E-state index contributed by atoms with van der Waals surface area (Å²) in [5.41, 5.74) is 3.20. The van der Waals surface area contributed by atoms with Gasteiger partial charge in [-0.2, -0.15) is 0 Å². The topological polar surface area (TPSA) is 21.3 Å². The molecule has 1 atom stereocenters. The summed E-state index contributed by atoms with van der Waals surface area (Å²) in [5, 5.41) is 4.32. The van der Waals surface area contributed by atoms with E-state index in [-0.39, 0.29) is 24.3 Å². The fraction of sp³-hybridized carbons (Fsp3) is 0.250. The van der Waals surface area contributed by atoms with Crippen LogP contribution in [0.1, 0.15) is 42.5 Å². The predicted octanol–water partition coefficient (Wildman–Crippen LogP) is 7.11. The second-order valence-electron chi connectivity index (χ2n) is 6.80. The van der Waals surface area contributed by atoms with Gasteiger partial charge in [-0.05, 0) is 47.9 Å². The zero-order valence-corrected chi connectivity index (χ0v) is 18.0. The molecule has 0 spiro atoms. The number of ether oxygens (including phenoxy) is 1. The van der Waals surface area contributed by atoms with E-state index in [9.17, 15) is 4.39 Å². The normalized spacial score (nSPS) is 11.6. The van der Waals surface area contributed by atoms with E-state index in [1.807, 2.05) is 24.3 Å². The van der Waals surface area contributed by atoms with Gasteiger partial charge in [-0.25, -0.2) is 4.39 Å². The lowest BCUT2D eigenvalue weighted by molar-refractivity contribution is 0.301. The smallest absolute Gasteiger partial charge is 0.124 e. The molecule has 0 fully saturated rings. The van der Waals surface area contributed by atoms with Crippen LogP contribution in [0.2, 0.25) is 5.02 Å². The molecule has 0 aliphatic rings. The molecular weight excluding hydrogens is 408 g/mol. The highest BCUT2D eigenvalue weighted by molar-refractivity contribution is 6.30. The molecule has 0 bridgehead atoms. The molecule has 3 rings (SSSR count). The number of halogens is 3. The summed E-state index contributed by atoms with van der Waals surface area (Å²) in [7, 11) is 0. The van der Waals surface area contributed by atoms with Gasteiger partial charge in [0.25, 0.3) is 0 Å². The molecule has 0 heterocycles. The van der Waals surface area contributed by atoms with Crippen molar-refractivity contribution in [2.24, 2.45) is 0 Å². The van der Waals surface area contributed by atoms with E-state index in [1.54, 1.807) is 12.1 Å². The Morgan fingerprint density at radius 3 is 2.41 bits per heavy atom. The van der Waals surface area contributed by atoms with Crippen molar-refractivity contribution in [3.05, 3.63) is 100 Å². The van der Waals surface area contributed by atoms with Crippen LogP contribution in [0.4, 0.5) is 4.39 Å². The summed E-state index contributed by atoms with van der Waals surface area (Å²) in [4.78, 5) is 0. The second kappa shape index (κ2) is 11.8. The molecule has 0 saturated heterocycles. The zero-order valence-electron chi connectivity index (χ0n) is 16.4. The number of hydrogen-bond acceptors (Lipinski definition) is 2. The van der Waals surface area contributed by atoms with Crippen LogP contribution in [0, 0.1) is 5.82 Å². The molecule has 0 aromatic heterocycles. The van der Waals surface area contributed by atoms with Crippen molar-refractivity contribution in [1.82, 2.24) is 5.32 Å². The summed E-state index contributed by atoms with van der Waals surface area (Å²) in [5.74, 6) is 0.535. The van der Waals surface area contributed by atoms with Crippen LogP contribution in [0.15, 0.2) is 72.8 Å². The summed E-state index contributed by atoms with van der Waals surface area (Å²) in [6, 6.07) is 22.7. The Morgan fingerprint density at radius 1 is 1.00 bits per heavy atom. The fourth-order valence-electron chi connectivity index (χ4n) is 3.16. The molecule has 0 aliphatic carbocycles. The van der Waals surface area contributed by atoms with Crippen molar-refractivity contribution in [2.75, 3.05) is 0 Å². The number of benzene rings is 3. The average molecular weight is 434 g/mol. The van der Waals surface area contributed by atoms with Crippen LogP contribution >= 0.6 is 24.0 Å². The lowest BCUT2D eigenvalue weighted by Crippen LogP contribution is -2.21. The Kier molecular flexibility index (Phi) is 9.46. The molecule has 29 heavy (non-hydrogen) atoms. The van der Waals surface area contributed by atoms with E-state index in [0.717, 1.165) is 29.7 Å². The first kappa shape index (κ1) is 23.2. The van der Waals surface area contributed by atoms with Gasteiger partial charge in [-0.15, -0.1) is 12.4 Å². The van der Waals surface area contributed by atoms with Gasteiger partial charge in [0.15, 0.2) is 0 Å². The molecule has 0 aliphatic heterocycles. The van der Waals surface area contributed by atoms with Gasteiger partial charge in [-0.1, -0.05) is 67.4 Å². The minimum Gasteiger partial charge on any atom is -0.489 e. The van der Waals surface area contributed by atoms with Crippen molar-refractivity contribution in [2.45, 2.75) is 39.0 Å². The highest BCUT2D eigenvalue weighted by Crippen LogP contribution is 2.26. The molecule has 3 aromatic carbocycles. The molecule has 0 amide bonds. The summed E-state index contributed by atoms with van der Waals surface area (Å²) in [6.07, 6.45) is 2.15. The predicted molar refractivity (Wildman–Crippen MR) is 120 cm³/mol. The van der Waals surface area contributed by atoms with Crippen molar-refractivity contribution in [1.29, 1.82) is 0 Å². The van der Waals surface area contributed by atoms with Crippen LogP contribution in [0.5, 0.6) is 5.75 Å². The maximum absolute atomic E-state index is 13.1. The van der Waals surface area contributed by atoms with Crippen LogP contribution in [-0.2, 0) is 13.2 Å². The molecular formula is C24H26Cl2FNO. The Morgan fingerprint density at radius 2 is 1.72 bits per heavy atom. The quantitative estimate of drug-likeness (QED) is 0.388. The summed E-state index contributed by atoms with van der Waals surface area (Å²) in [6.45, 7) is 3.22. The van der Waals surface area contributed by atoms with Gasteiger partial charge in [0.1, 0.15) is 18.2 Å². The van der Waals surface area contributed by atoms with E-state index in [0.29, 0.717) is 18.2 Å². The molecule has 1 N–H and O–H groups in total. The van der Waals surface area contributed by atoms with Gasteiger partial charge in [0, 0.05) is 23.2 Å². The third kappa shape index (κ3) is 7.04. The monoisotopic (exact) mass is 433 g/mol. The van der Waals surface area contributed by atoms with Gasteiger partial charge >= 0.3 is 0 Å². The van der Waals surface area contributed by atoms with Crippen LogP contribution in [-0.4, -0.2) is 0 Å². The Labute approximate surface area is 183 Å². The molecule has 3 aromatic rings. The number of rotatable bonds is 9. The average Bonchev–Trinajstić information content (AvgIpc) is 2.72. The van der Waals surface area contributed by atoms with Gasteiger partial charge < -0.3 is 10.1 Å². The van der Waals surface area contributed by atoms with E-state index >= 15 is 0 Å². The van der Waals surface area contributed by atoms with Gasteiger partial charge in [0.05, 0.1) is 0 Å². The van der Waals surface area contributed by atoms with E-state index < -0.39 is 0 Å². The standard InChI is InChI=1S/C24H25ClFNO.ClH/c1-2-6-23(19-7-4-3-5-8-19)27-16-20-15-21(25)11-14-24(20)28-17-18-9-12-22(26)13-10-18;/h3-5,7-15,23,27H,2,6,16-17H2,1H3;1H. The van der Waals surface area contributed by atoms with E-state index in [2.05, 4.69) is 36.5 Å². The van der Waals surface area contributed by atoms with Gasteiger partial charge in [-0.3, -0.25) is 0 Å². The third-order valence-electron chi connectivity index (χ3n) is 4.65. The SMILES string of the molecule is CCCC(NCc1cc(Cl)ccc1OCc1ccc(F)cc1)c1ccccc1.Cl. The van der Waals surface area contributed by atoms with Crippen molar-refractivity contribution >= 4 is 24.0 Å². The maximum Gasteiger partial charge on any atom is 0.124 e. The summed E-state index contributed by atoms with van der Waals surface area (Å²) >= 11 is 6.22. The first-order valence-corrected chi connectivity index (χ1v) is 9.97. The van der Waals surface area contributed by atoms with Crippen LogP contribution in [0.3, 0.4) is 0 Å². The van der Waals surface area contributed by atoms with Crippen LogP contribution < -0.4 is 10.1 Å². The Balaban J connectivity index is 0.00000300. The van der Waals surface area contributed by atoms with Crippen molar-refractivity contribution in [3.63, 3.8) is 0 Å². The van der Waals surface area contributed by atoms with Crippen molar-refractivity contribution < 1.29 is 9.13 Å². The molecule has 2 nitrogen and oxygen atoms in total.